The molecular weight excluding hydrogens is 505 g/mol. The second-order valence-electron chi connectivity index (χ2n) is 9.60. The number of terminal acetylenes is 1. The Morgan fingerprint density at radius 1 is 1.03 bits per heavy atom. The van der Waals surface area contributed by atoms with Gasteiger partial charge in [-0.25, -0.2) is 0 Å². The summed E-state index contributed by atoms with van der Waals surface area (Å²) in [7, 11) is 0. The molecule has 3 aromatic carbocycles. The van der Waals surface area contributed by atoms with Crippen molar-refractivity contribution in [2.45, 2.75) is 31.6 Å². The van der Waals surface area contributed by atoms with Gasteiger partial charge >= 0.3 is 0 Å². The van der Waals surface area contributed by atoms with Crippen molar-refractivity contribution >= 4 is 45.8 Å². The van der Waals surface area contributed by atoms with E-state index in [1.165, 1.54) is 24.2 Å². The molecule has 3 aromatic rings. The van der Waals surface area contributed by atoms with Crippen molar-refractivity contribution in [3.8, 4) is 12.3 Å². The van der Waals surface area contributed by atoms with Crippen LogP contribution in [0.1, 0.15) is 53.1 Å². The van der Waals surface area contributed by atoms with Crippen LogP contribution in [0.15, 0.2) is 54.6 Å². The summed E-state index contributed by atoms with van der Waals surface area (Å²) in [6, 6.07) is 16.7. The van der Waals surface area contributed by atoms with Crippen LogP contribution < -0.4 is 5.73 Å². The summed E-state index contributed by atoms with van der Waals surface area (Å²) in [6.07, 6.45) is 10.1. The largest absolute Gasteiger partial charge is 0.368 e. The van der Waals surface area contributed by atoms with Crippen LogP contribution in [0.25, 0.3) is 10.8 Å². The molecule has 0 aliphatic carbocycles. The lowest BCUT2D eigenvalue weighted by atomic mass is 9.93. The van der Waals surface area contributed by atoms with Crippen molar-refractivity contribution < 1.29 is 9.59 Å². The van der Waals surface area contributed by atoms with E-state index in [1.807, 2.05) is 42.5 Å². The highest BCUT2D eigenvalue weighted by molar-refractivity contribution is 6.42. The first-order chi connectivity index (χ1) is 17.9. The molecule has 0 unspecified atom stereocenters. The first kappa shape index (κ1) is 27.0. The second kappa shape index (κ2) is 12.5. The molecule has 0 aromatic heterocycles. The molecule has 37 heavy (non-hydrogen) atoms. The van der Waals surface area contributed by atoms with Crippen LogP contribution in [0.4, 0.5) is 0 Å². The zero-order chi connectivity index (χ0) is 26.4. The Morgan fingerprint density at radius 3 is 2.49 bits per heavy atom. The van der Waals surface area contributed by atoms with Gasteiger partial charge in [0.1, 0.15) is 0 Å². The van der Waals surface area contributed by atoms with Crippen molar-refractivity contribution in [3.05, 3.63) is 81.3 Å². The quantitative estimate of drug-likeness (QED) is 0.356. The van der Waals surface area contributed by atoms with Crippen molar-refractivity contribution in [1.82, 2.24) is 9.80 Å². The number of benzene rings is 3. The third-order valence-electron chi connectivity index (χ3n) is 6.99. The van der Waals surface area contributed by atoms with E-state index in [1.54, 1.807) is 12.1 Å². The van der Waals surface area contributed by atoms with Gasteiger partial charge in [0.2, 0.25) is 5.91 Å². The minimum Gasteiger partial charge on any atom is -0.368 e. The number of hydrogen-bond donors (Lipinski definition) is 1. The number of rotatable bonds is 9. The highest BCUT2D eigenvalue weighted by Gasteiger charge is 2.26. The minimum atomic E-state index is -0.574. The SMILES string of the molecule is C#Cc1cc(C(=O)N(CC(N)=O)C[C@@H](CCN2CCCCC2)c2ccc(Cl)c(Cl)c2)c2ccccc2c1. The fourth-order valence-electron chi connectivity index (χ4n) is 5.07. The summed E-state index contributed by atoms with van der Waals surface area (Å²) < 4.78 is 0. The van der Waals surface area contributed by atoms with Gasteiger partial charge < -0.3 is 15.5 Å². The molecule has 0 saturated carbocycles. The Hall–Kier alpha value is -3.04. The topological polar surface area (TPSA) is 66.6 Å². The van der Waals surface area contributed by atoms with Gasteiger partial charge in [0.25, 0.3) is 5.91 Å². The maximum atomic E-state index is 13.9. The first-order valence-corrected chi connectivity index (χ1v) is 13.4. The molecule has 0 bridgehead atoms. The van der Waals surface area contributed by atoms with Crippen molar-refractivity contribution in [3.63, 3.8) is 0 Å². The molecule has 5 nitrogen and oxygen atoms in total. The third-order valence-corrected chi connectivity index (χ3v) is 7.73. The number of hydrogen-bond acceptors (Lipinski definition) is 3. The molecule has 1 aliphatic rings. The number of carbonyl (C=O) groups excluding carboxylic acids is 2. The van der Waals surface area contributed by atoms with Crippen LogP contribution in [0, 0.1) is 12.3 Å². The minimum absolute atomic E-state index is 0.0675. The van der Waals surface area contributed by atoms with Gasteiger partial charge in [-0.1, -0.05) is 65.9 Å². The van der Waals surface area contributed by atoms with Crippen molar-refractivity contribution in [1.29, 1.82) is 0 Å². The van der Waals surface area contributed by atoms with Gasteiger partial charge in [0, 0.05) is 23.6 Å². The second-order valence-corrected chi connectivity index (χ2v) is 10.4. The number of fused-ring (bicyclic) bond motifs is 1. The van der Waals surface area contributed by atoms with Gasteiger partial charge in [-0.05, 0) is 79.5 Å². The predicted molar refractivity (Wildman–Crippen MR) is 151 cm³/mol. The number of amides is 2. The van der Waals surface area contributed by atoms with Gasteiger partial charge in [-0.3, -0.25) is 9.59 Å². The number of nitrogens with zero attached hydrogens (tertiary/aromatic N) is 2. The molecular formula is C30H31Cl2N3O2. The van der Waals surface area contributed by atoms with Crippen LogP contribution in [0.3, 0.4) is 0 Å². The average Bonchev–Trinajstić information content (AvgIpc) is 2.91. The van der Waals surface area contributed by atoms with Gasteiger partial charge in [0.05, 0.1) is 16.6 Å². The summed E-state index contributed by atoms with van der Waals surface area (Å²) in [5.41, 5.74) is 7.64. The number of nitrogens with two attached hydrogens (primary N) is 1. The highest BCUT2D eigenvalue weighted by Crippen LogP contribution is 2.30. The molecule has 4 rings (SSSR count). The van der Waals surface area contributed by atoms with Crippen molar-refractivity contribution in [2.75, 3.05) is 32.7 Å². The van der Waals surface area contributed by atoms with E-state index in [0.717, 1.165) is 42.4 Å². The molecule has 7 heteroatoms. The fraction of sp³-hybridized carbons (Fsp3) is 0.333. The van der Waals surface area contributed by atoms with E-state index in [2.05, 4.69) is 10.8 Å². The highest BCUT2D eigenvalue weighted by atomic mass is 35.5. The Bertz CT molecular complexity index is 1330. The molecule has 2 amide bonds. The number of piperidine rings is 1. The van der Waals surface area contributed by atoms with E-state index in [0.29, 0.717) is 27.7 Å². The summed E-state index contributed by atoms with van der Waals surface area (Å²) in [6.45, 7) is 3.14. The van der Waals surface area contributed by atoms with E-state index in [-0.39, 0.29) is 18.4 Å². The van der Waals surface area contributed by atoms with E-state index in [9.17, 15) is 9.59 Å². The van der Waals surface area contributed by atoms with Gasteiger partial charge in [-0.15, -0.1) is 6.42 Å². The van der Waals surface area contributed by atoms with E-state index >= 15 is 0 Å². The van der Waals surface area contributed by atoms with Crippen LogP contribution in [0.5, 0.6) is 0 Å². The predicted octanol–water partition coefficient (Wildman–Crippen LogP) is 5.72. The monoisotopic (exact) mass is 535 g/mol. The first-order valence-electron chi connectivity index (χ1n) is 12.6. The maximum Gasteiger partial charge on any atom is 0.255 e. The van der Waals surface area contributed by atoms with Crippen molar-refractivity contribution in [2.24, 2.45) is 5.73 Å². The third kappa shape index (κ3) is 6.84. The van der Waals surface area contributed by atoms with Gasteiger partial charge in [-0.2, -0.15) is 0 Å². The zero-order valence-corrected chi connectivity index (χ0v) is 22.3. The smallest absolute Gasteiger partial charge is 0.255 e. The molecule has 0 spiro atoms. The summed E-state index contributed by atoms with van der Waals surface area (Å²) >= 11 is 12.6. The number of carbonyl (C=O) groups is 2. The Morgan fingerprint density at radius 2 is 1.78 bits per heavy atom. The van der Waals surface area contributed by atoms with Gasteiger partial charge in [0.15, 0.2) is 0 Å². The number of halogens is 2. The summed E-state index contributed by atoms with van der Waals surface area (Å²) in [4.78, 5) is 30.0. The molecule has 1 atom stereocenters. The molecule has 1 aliphatic heterocycles. The Balaban J connectivity index is 1.68. The fourth-order valence-corrected chi connectivity index (χ4v) is 5.37. The lowest BCUT2D eigenvalue weighted by molar-refractivity contribution is -0.118. The van der Waals surface area contributed by atoms with E-state index < -0.39 is 5.91 Å². The molecule has 1 saturated heterocycles. The lowest BCUT2D eigenvalue weighted by Gasteiger charge is -2.31. The molecule has 1 fully saturated rings. The normalized spacial score (nSPS) is 14.7. The van der Waals surface area contributed by atoms with Crippen LogP contribution in [-0.4, -0.2) is 54.3 Å². The number of likely N-dealkylation sites (tertiary alicyclic amines) is 1. The van der Waals surface area contributed by atoms with Crippen LogP contribution >= 0.6 is 23.2 Å². The molecule has 1 heterocycles. The maximum absolute atomic E-state index is 13.9. The lowest BCUT2D eigenvalue weighted by Crippen LogP contribution is -2.41. The summed E-state index contributed by atoms with van der Waals surface area (Å²) in [5, 5.41) is 2.58. The molecule has 0 radical (unpaired) electrons. The average molecular weight is 537 g/mol. The Kier molecular flexibility index (Phi) is 9.10. The van der Waals surface area contributed by atoms with Crippen LogP contribution in [0.2, 0.25) is 10.0 Å². The summed E-state index contributed by atoms with van der Waals surface area (Å²) in [5.74, 6) is 1.71. The van der Waals surface area contributed by atoms with Crippen LogP contribution in [-0.2, 0) is 4.79 Å². The standard InChI is InChI=1S/C30H31Cl2N3O2/c1-2-21-16-23-8-4-5-9-25(23)26(17-21)30(37)35(20-29(33)36)19-24(12-15-34-13-6-3-7-14-34)22-10-11-27(31)28(32)18-22/h1,4-5,8-11,16-18,24H,3,6-7,12-15,19-20H2,(H2,33,36)/t24-/m1/s1. The molecule has 2 N–H and O–H groups in total. The Labute approximate surface area is 228 Å². The van der Waals surface area contributed by atoms with E-state index in [4.69, 9.17) is 35.4 Å². The number of primary amides is 1. The molecule has 192 valence electrons. The zero-order valence-electron chi connectivity index (χ0n) is 20.8.